The van der Waals surface area contributed by atoms with Gasteiger partial charge in [-0.3, -0.25) is 0 Å². The highest BCUT2D eigenvalue weighted by Gasteiger charge is 2.25. The van der Waals surface area contributed by atoms with Gasteiger partial charge in [-0.15, -0.1) is 0 Å². The molecule has 214 valence electrons. The van der Waals surface area contributed by atoms with Crippen LogP contribution in [0, 0.1) is 11.8 Å². The van der Waals surface area contributed by atoms with Crippen LogP contribution in [0.3, 0.4) is 0 Å². The summed E-state index contributed by atoms with van der Waals surface area (Å²) in [4.78, 5) is 24.9. The molecule has 2 aromatic carbocycles. The quantitative estimate of drug-likeness (QED) is 0.122. The van der Waals surface area contributed by atoms with Gasteiger partial charge in [-0.05, 0) is 55.2 Å². The molecule has 0 amide bonds. The van der Waals surface area contributed by atoms with E-state index in [0.717, 1.165) is 31.2 Å². The van der Waals surface area contributed by atoms with E-state index in [2.05, 4.69) is 20.8 Å². The zero-order chi connectivity index (χ0) is 27.9. The molecular formula is C33H46O6. The minimum Gasteiger partial charge on any atom is -0.462 e. The number of rotatable bonds is 16. The van der Waals surface area contributed by atoms with Crippen LogP contribution in [0.5, 0.6) is 5.75 Å². The lowest BCUT2D eigenvalue weighted by atomic mass is 9.94. The van der Waals surface area contributed by atoms with Crippen molar-refractivity contribution in [2.75, 3.05) is 19.8 Å². The predicted molar refractivity (Wildman–Crippen MR) is 153 cm³/mol. The summed E-state index contributed by atoms with van der Waals surface area (Å²) in [5.74, 6) is 0.637. The summed E-state index contributed by atoms with van der Waals surface area (Å²) in [5.41, 5.74) is 1.75. The van der Waals surface area contributed by atoms with Gasteiger partial charge in [-0.1, -0.05) is 84.3 Å². The Kier molecular flexibility index (Phi) is 13.5. The van der Waals surface area contributed by atoms with Crippen molar-refractivity contribution in [1.82, 2.24) is 0 Å². The van der Waals surface area contributed by atoms with Crippen LogP contribution in [0.1, 0.15) is 118 Å². The third-order valence-electron chi connectivity index (χ3n) is 7.35. The van der Waals surface area contributed by atoms with Crippen LogP contribution in [0.2, 0.25) is 0 Å². The predicted octanol–water partition coefficient (Wildman–Crippen LogP) is 8.30. The molecule has 0 radical (unpaired) electrons. The fourth-order valence-electron chi connectivity index (χ4n) is 4.69. The third-order valence-corrected chi connectivity index (χ3v) is 7.35. The van der Waals surface area contributed by atoms with E-state index in [1.165, 1.54) is 38.5 Å². The summed E-state index contributed by atoms with van der Waals surface area (Å²) in [6.45, 7) is 8.47. The van der Waals surface area contributed by atoms with Crippen LogP contribution < -0.4 is 4.74 Å². The van der Waals surface area contributed by atoms with Crippen LogP contribution in [0.15, 0.2) is 48.5 Å². The van der Waals surface area contributed by atoms with Crippen molar-refractivity contribution in [2.45, 2.75) is 91.3 Å². The molecule has 6 heteroatoms. The molecule has 1 atom stereocenters. The van der Waals surface area contributed by atoms with E-state index >= 15 is 0 Å². The lowest BCUT2D eigenvalue weighted by molar-refractivity contribution is -0.207. The first-order chi connectivity index (χ1) is 19.0. The molecule has 1 aliphatic rings. The Labute approximate surface area is 234 Å². The minimum atomic E-state index is -0.467. The molecule has 1 aliphatic heterocycles. The van der Waals surface area contributed by atoms with E-state index < -0.39 is 12.3 Å². The highest BCUT2D eigenvalue weighted by molar-refractivity contribution is 5.92. The van der Waals surface area contributed by atoms with Crippen LogP contribution in [0.25, 0.3) is 0 Å². The van der Waals surface area contributed by atoms with Gasteiger partial charge in [0.1, 0.15) is 5.75 Å². The average molecular weight is 539 g/mol. The fraction of sp³-hybridized carbons (Fsp3) is 0.576. The summed E-state index contributed by atoms with van der Waals surface area (Å²) >= 11 is 0. The Morgan fingerprint density at radius 3 is 1.97 bits per heavy atom. The molecule has 0 aromatic heterocycles. The van der Waals surface area contributed by atoms with Crippen LogP contribution in [-0.2, 0) is 14.2 Å². The first-order valence-corrected chi connectivity index (χ1v) is 14.8. The number of carbonyl (C=O) groups is 2. The van der Waals surface area contributed by atoms with Crippen LogP contribution in [0.4, 0.5) is 0 Å². The smallest absolute Gasteiger partial charge is 0.343 e. The van der Waals surface area contributed by atoms with Crippen molar-refractivity contribution >= 4 is 11.9 Å². The zero-order valence-corrected chi connectivity index (χ0v) is 24.0. The molecule has 0 saturated carbocycles. The minimum absolute atomic E-state index is 0.357. The maximum absolute atomic E-state index is 12.6. The van der Waals surface area contributed by atoms with E-state index in [0.29, 0.717) is 48.5 Å². The summed E-state index contributed by atoms with van der Waals surface area (Å²) in [6, 6.07) is 13.6. The van der Waals surface area contributed by atoms with Gasteiger partial charge in [0, 0.05) is 11.5 Å². The van der Waals surface area contributed by atoms with Gasteiger partial charge in [0.25, 0.3) is 0 Å². The Morgan fingerprint density at radius 2 is 1.36 bits per heavy atom. The van der Waals surface area contributed by atoms with Gasteiger partial charge in [-0.2, -0.15) is 0 Å². The van der Waals surface area contributed by atoms with E-state index in [9.17, 15) is 9.59 Å². The van der Waals surface area contributed by atoms with E-state index in [4.69, 9.17) is 18.9 Å². The Balaban J connectivity index is 1.37. The molecule has 1 saturated heterocycles. The number of hydrogen-bond donors (Lipinski definition) is 0. The fourth-order valence-corrected chi connectivity index (χ4v) is 4.69. The molecule has 1 unspecified atom stereocenters. The summed E-state index contributed by atoms with van der Waals surface area (Å²) in [6.07, 6.45) is 11.4. The largest absolute Gasteiger partial charge is 0.462 e. The second-order valence-corrected chi connectivity index (χ2v) is 10.8. The van der Waals surface area contributed by atoms with Crippen molar-refractivity contribution in [2.24, 2.45) is 11.8 Å². The van der Waals surface area contributed by atoms with Crippen LogP contribution in [-0.4, -0.2) is 31.8 Å². The maximum atomic E-state index is 12.6. The second kappa shape index (κ2) is 17.1. The topological polar surface area (TPSA) is 71.1 Å². The first kappa shape index (κ1) is 30.8. The highest BCUT2D eigenvalue weighted by Crippen LogP contribution is 2.28. The van der Waals surface area contributed by atoms with Crippen molar-refractivity contribution in [3.05, 3.63) is 65.2 Å². The van der Waals surface area contributed by atoms with Gasteiger partial charge in [0.15, 0.2) is 6.29 Å². The lowest BCUT2D eigenvalue weighted by Crippen LogP contribution is -2.28. The molecule has 2 aromatic rings. The second-order valence-electron chi connectivity index (χ2n) is 10.8. The Hall–Kier alpha value is -2.70. The molecule has 39 heavy (non-hydrogen) atoms. The average Bonchev–Trinajstić information content (AvgIpc) is 2.97. The molecule has 3 rings (SSSR count). The number of carbonyl (C=O) groups excluding carboxylic acids is 2. The lowest BCUT2D eigenvalue weighted by Gasteiger charge is -2.30. The number of unbranched alkanes of at least 4 members (excludes halogenated alkanes) is 7. The van der Waals surface area contributed by atoms with Gasteiger partial charge >= 0.3 is 11.9 Å². The molecule has 1 fully saturated rings. The molecule has 0 aliphatic carbocycles. The van der Waals surface area contributed by atoms with Gasteiger partial charge in [0.2, 0.25) is 0 Å². The van der Waals surface area contributed by atoms with Crippen molar-refractivity contribution in [3.8, 4) is 5.75 Å². The number of esters is 2. The number of ether oxygens (including phenoxy) is 4. The summed E-state index contributed by atoms with van der Waals surface area (Å²) in [5, 5.41) is 0. The highest BCUT2D eigenvalue weighted by atomic mass is 16.7. The molecular weight excluding hydrogens is 492 g/mol. The van der Waals surface area contributed by atoms with Gasteiger partial charge < -0.3 is 18.9 Å². The Morgan fingerprint density at radius 1 is 0.795 bits per heavy atom. The first-order valence-electron chi connectivity index (χ1n) is 14.8. The van der Waals surface area contributed by atoms with E-state index in [-0.39, 0.29) is 5.97 Å². The number of hydrogen-bond acceptors (Lipinski definition) is 6. The molecule has 0 bridgehead atoms. The molecule has 6 nitrogen and oxygen atoms in total. The Bertz CT molecular complexity index is 976. The standard InChI is InChI=1S/C33H46O6/c1-4-6-7-8-9-10-11-12-21-36-31(34)27-17-19-30(20-18-27)39-32(35)28-13-15-29(16-14-28)33-37-23-26(24-38-33)22-25(3)5-2/h13-20,25-26,33H,4-12,21-24H2,1-3H3. The van der Waals surface area contributed by atoms with E-state index in [1.807, 2.05) is 12.1 Å². The van der Waals surface area contributed by atoms with E-state index in [1.54, 1.807) is 36.4 Å². The molecule has 0 N–H and O–H groups in total. The molecule has 0 spiro atoms. The van der Waals surface area contributed by atoms with Crippen molar-refractivity contribution < 1.29 is 28.5 Å². The van der Waals surface area contributed by atoms with Crippen molar-refractivity contribution in [1.29, 1.82) is 0 Å². The maximum Gasteiger partial charge on any atom is 0.343 e. The number of benzene rings is 2. The van der Waals surface area contributed by atoms with Crippen LogP contribution >= 0.6 is 0 Å². The van der Waals surface area contributed by atoms with Crippen molar-refractivity contribution in [3.63, 3.8) is 0 Å². The van der Waals surface area contributed by atoms with Gasteiger partial charge in [-0.25, -0.2) is 9.59 Å². The van der Waals surface area contributed by atoms with Gasteiger partial charge in [0.05, 0.1) is 30.9 Å². The zero-order valence-electron chi connectivity index (χ0n) is 24.0. The third kappa shape index (κ3) is 10.8. The monoisotopic (exact) mass is 538 g/mol. The summed E-state index contributed by atoms with van der Waals surface area (Å²) in [7, 11) is 0. The summed E-state index contributed by atoms with van der Waals surface area (Å²) < 4.78 is 22.7. The SMILES string of the molecule is CCCCCCCCCCOC(=O)c1ccc(OC(=O)c2ccc(C3OCC(CC(C)CC)CO3)cc2)cc1. The normalized spacial score (nSPS) is 17.9. The molecule has 1 heterocycles.